The normalized spacial score (nSPS) is 22.7. The van der Waals surface area contributed by atoms with Gasteiger partial charge in [0.05, 0.1) is 38.6 Å². The number of pyridine rings is 1. The maximum atomic E-state index is 14.9. The molecular weight excluding hydrogens is 557 g/mol. The summed E-state index contributed by atoms with van der Waals surface area (Å²) < 4.78 is 53.8. The summed E-state index contributed by atoms with van der Waals surface area (Å²) in [7, 11) is 1.36. The van der Waals surface area contributed by atoms with Crippen molar-refractivity contribution in [3.8, 4) is 17.1 Å². The van der Waals surface area contributed by atoms with Gasteiger partial charge >= 0.3 is 0 Å². The number of nitrogens with two attached hydrogens (primary N) is 1. The lowest BCUT2D eigenvalue weighted by atomic mass is 9.80. The van der Waals surface area contributed by atoms with Crippen molar-refractivity contribution in [2.45, 2.75) is 37.5 Å². The average Bonchev–Trinajstić information content (AvgIpc) is 3.52. The van der Waals surface area contributed by atoms with E-state index in [-0.39, 0.29) is 24.5 Å². The van der Waals surface area contributed by atoms with Gasteiger partial charge in [-0.2, -0.15) is 5.10 Å². The van der Waals surface area contributed by atoms with Crippen molar-refractivity contribution in [3.63, 3.8) is 0 Å². The number of fused-ring (bicyclic) bond motifs is 1. The third-order valence-corrected chi connectivity index (χ3v) is 8.06. The average molecular weight is 589 g/mol. The van der Waals surface area contributed by atoms with Crippen molar-refractivity contribution in [3.05, 3.63) is 35.8 Å². The molecule has 0 unspecified atom stereocenters. The van der Waals surface area contributed by atoms with Crippen LogP contribution in [-0.2, 0) is 16.1 Å². The van der Waals surface area contributed by atoms with E-state index in [1.165, 1.54) is 24.5 Å². The van der Waals surface area contributed by atoms with Crippen LogP contribution in [0.3, 0.4) is 0 Å². The summed E-state index contributed by atoms with van der Waals surface area (Å²) >= 11 is 0. The van der Waals surface area contributed by atoms with Crippen molar-refractivity contribution in [2.75, 3.05) is 52.2 Å². The number of aromatic nitrogens is 4. The smallest absolute Gasteiger partial charge is 0.257 e. The first kappa shape index (κ1) is 28.2. The number of rotatable bonds is 7. The molecule has 0 radical (unpaired) electrons. The molecule has 6 rings (SSSR count). The van der Waals surface area contributed by atoms with E-state index in [1.54, 1.807) is 10.6 Å². The van der Waals surface area contributed by atoms with E-state index in [4.69, 9.17) is 15.2 Å². The second-order valence-electron chi connectivity index (χ2n) is 10.9. The summed E-state index contributed by atoms with van der Waals surface area (Å²) in [5.74, 6) is -4.52. The summed E-state index contributed by atoms with van der Waals surface area (Å²) in [5.41, 5.74) is 8.98. The van der Waals surface area contributed by atoms with Crippen LogP contribution in [0.4, 0.5) is 19.0 Å². The Morgan fingerprint density at radius 1 is 1.19 bits per heavy atom. The first-order valence-corrected chi connectivity index (χ1v) is 13.7. The lowest BCUT2D eigenvalue weighted by Gasteiger charge is -2.36. The first-order valence-electron chi connectivity index (χ1n) is 13.7. The van der Waals surface area contributed by atoms with Gasteiger partial charge in [0, 0.05) is 56.7 Å². The fourth-order valence-corrected chi connectivity index (χ4v) is 5.81. The molecule has 3 N–H and O–H groups in total. The van der Waals surface area contributed by atoms with E-state index in [0.29, 0.717) is 42.4 Å². The second-order valence-corrected chi connectivity index (χ2v) is 10.9. The van der Waals surface area contributed by atoms with Crippen LogP contribution in [0.25, 0.3) is 16.8 Å². The van der Waals surface area contributed by atoms with Crippen molar-refractivity contribution < 1.29 is 32.2 Å². The minimum atomic E-state index is -2.86. The number of alkyl halides is 3. The topological polar surface area (TPSA) is 140 Å². The van der Waals surface area contributed by atoms with E-state index < -0.39 is 48.7 Å². The molecule has 0 spiro atoms. The summed E-state index contributed by atoms with van der Waals surface area (Å²) in [5, 5.41) is 7.02. The molecule has 3 aromatic heterocycles. The summed E-state index contributed by atoms with van der Waals surface area (Å²) in [6.07, 6.45) is 0.249. The van der Waals surface area contributed by atoms with E-state index in [1.807, 2.05) is 6.07 Å². The quantitative estimate of drug-likeness (QED) is 0.421. The molecule has 224 valence electrons. The third kappa shape index (κ3) is 5.33. The Bertz CT molecular complexity index is 1500. The largest absolute Gasteiger partial charge is 0.480 e. The molecule has 5 heterocycles. The number of nitrogens with zero attached hydrogens (tertiary/aromatic N) is 6. The Morgan fingerprint density at radius 2 is 1.95 bits per heavy atom. The zero-order valence-electron chi connectivity index (χ0n) is 22.9. The minimum Gasteiger partial charge on any atom is -0.480 e. The number of morpholine rings is 1. The molecule has 2 amide bonds. The molecule has 42 heavy (non-hydrogen) atoms. The highest BCUT2D eigenvalue weighted by molar-refractivity contribution is 5.98. The van der Waals surface area contributed by atoms with Crippen LogP contribution >= 0.6 is 0 Å². The molecule has 2 atom stereocenters. The first-order chi connectivity index (χ1) is 20.1. The van der Waals surface area contributed by atoms with E-state index in [2.05, 4.69) is 25.3 Å². The summed E-state index contributed by atoms with van der Waals surface area (Å²) in [6, 6.07) is 2.47. The fraction of sp³-hybridized carbons (Fsp3) is 0.519. The number of carbonyl (C=O) groups is 2. The number of hydrogen-bond acceptors (Lipinski definition) is 9. The number of anilines is 1. The highest BCUT2D eigenvalue weighted by Crippen LogP contribution is 2.43. The van der Waals surface area contributed by atoms with Crippen LogP contribution in [0.15, 0.2) is 24.7 Å². The maximum Gasteiger partial charge on any atom is 0.257 e. The van der Waals surface area contributed by atoms with Crippen LogP contribution in [0.2, 0.25) is 0 Å². The number of amides is 2. The van der Waals surface area contributed by atoms with E-state index in [0.717, 1.165) is 18.7 Å². The third-order valence-electron chi connectivity index (χ3n) is 8.06. The SMILES string of the molecule is COc1ncc(-c2cc(CN3CCOCC3)c3c(N)ncnn23)cc1C(=O)N[C@@H]1CN(C(=O)C2CC(F)(F)C2)C[C@@H]1F. The van der Waals surface area contributed by atoms with Gasteiger partial charge in [-0.1, -0.05) is 0 Å². The molecule has 15 heteroatoms. The molecule has 1 saturated carbocycles. The monoisotopic (exact) mass is 588 g/mol. The van der Waals surface area contributed by atoms with E-state index in [9.17, 15) is 22.8 Å². The fourth-order valence-electron chi connectivity index (χ4n) is 5.81. The second kappa shape index (κ2) is 11.0. The molecule has 3 fully saturated rings. The molecule has 2 saturated heterocycles. The highest BCUT2D eigenvalue weighted by Gasteiger charge is 2.51. The number of ether oxygens (including phenoxy) is 2. The number of carbonyl (C=O) groups excluding carboxylic acids is 2. The predicted octanol–water partition coefficient (Wildman–Crippen LogP) is 1.54. The number of halogens is 3. The number of likely N-dealkylation sites (tertiary alicyclic amines) is 1. The molecule has 3 aromatic rings. The molecule has 2 aliphatic heterocycles. The van der Waals surface area contributed by atoms with Crippen LogP contribution in [0.1, 0.15) is 28.8 Å². The zero-order valence-corrected chi connectivity index (χ0v) is 22.9. The standard InChI is InChI=1S/C27H31F3N8O4/c1-41-25-18(24(39)35-20-13-37(12-19(20)28)26(40)17-8-27(29,30)9-17)6-15(10-32-25)21-7-16(11-36-2-4-42-5-3-36)22-23(31)33-14-34-38(21)22/h6-7,10,14,17,19-20H,2-5,8-9,11-13H2,1H3,(H,35,39)(H2,31,33,34)/t19-,20+/m0/s1. The van der Waals surface area contributed by atoms with Gasteiger partial charge in [-0.25, -0.2) is 27.7 Å². The highest BCUT2D eigenvalue weighted by atomic mass is 19.3. The number of nitrogen functional groups attached to an aromatic ring is 1. The van der Waals surface area contributed by atoms with Crippen molar-refractivity contribution in [1.29, 1.82) is 0 Å². The van der Waals surface area contributed by atoms with Gasteiger partial charge < -0.3 is 25.4 Å². The van der Waals surface area contributed by atoms with Gasteiger partial charge in [0.25, 0.3) is 5.91 Å². The molecule has 12 nitrogen and oxygen atoms in total. The zero-order chi connectivity index (χ0) is 29.6. The van der Waals surface area contributed by atoms with Crippen molar-refractivity contribution >= 4 is 23.1 Å². The van der Waals surface area contributed by atoms with E-state index >= 15 is 0 Å². The van der Waals surface area contributed by atoms with Gasteiger partial charge in [-0.15, -0.1) is 0 Å². The van der Waals surface area contributed by atoms with Gasteiger partial charge in [-0.3, -0.25) is 14.5 Å². The Morgan fingerprint density at radius 3 is 2.67 bits per heavy atom. The number of nitrogens with one attached hydrogen (secondary N) is 1. The van der Waals surface area contributed by atoms with Crippen LogP contribution in [-0.4, -0.2) is 106 Å². The van der Waals surface area contributed by atoms with Gasteiger partial charge in [-0.05, 0) is 17.7 Å². The lowest BCUT2D eigenvalue weighted by molar-refractivity contribution is -0.159. The molecule has 3 aliphatic rings. The Kier molecular flexibility index (Phi) is 7.39. The van der Waals surface area contributed by atoms with Crippen LogP contribution in [0, 0.1) is 5.92 Å². The Balaban J connectivity index is 1.24. The van der Waals surface area contributed by atoms with Crippen molar-refractivity contribution in [2.24, 2.45) is 5.92 Å². The predicted molar refractivity (Wildman–Crippen MR) is 144 cm³/mol. The lowest BCUT2D eigenvalue weighted by Crippen LogP contribution is -2.47. The Labute approximate surface area is 239 Å². The summed E-state index contributed by atoms with van der Waals surface area (Å²) in [6.45, 7) is 3.00. The summed E-state index contributed by atoms with van der Waals surface area (Å²) in [4.78, 5) is 37.9. The van der Waals surface area contributed by atoms with Crippen LogP contribution in [0.5, 0.6) is 5.88 Å². The maximum absolute atomic E-state index is 14.9. The number of hydrogen-bond donors (Lipinski definition) is 2. The Hall–Kier alpha value is -3.98. The van der Waals surface area contributed by atoms with Gasteiger partial charge in [0.1, 0.15) is 23.6 Å². The van der Waals surface area contributed by atoms with Crippen LogP contribution < -0.4 is 15.8 Å². The molecule has 1 aliphatic carbocycles. The molecule has 0 aromatic carbocycles. The number of methoxy groups -OCH3 is 1. The van der Waals surface area contributed by atoms with Crippen molar-refractivity contribution in [1.82, 2.24) is 34.7 Å². The molecule has 0 bridgehead atoms. The minimum absolute atomic E-state index is 0.0258. The van der Waals surface area contributed by atoms with Gasteiger partial charge in [0.15, 0.2) is 5.82 Å². The van der Waals surface area contributed by atoms with Gasteiger partial charge in [0.2, 0.25) is 17.7 Å². The molecular formula is C27H31F3N8O4.